The molecule has 1 aliphatic carbocycles. The fourth-order valence-corrected chi connectivity index (χ4v) is 4.21. The lowest BCUT2D eigenvalue weighted by molar-refractivity contribution is -0.0333. The molecule has 1 heterocycles. The molecule has 1 saturated carbocycles. The Kier molecular flexibility index (Phi) is 3.76. The summed E-state index contributed by atoms with van der Waals surface area (Å²) in [7, 11) is 0. The van der Waals surface area contributed by atoms with Crippen LogP contribution in [-0.2, 0) is 6.42 Å². The van der Waals surface area contributed by atoms with Crippen molar-refractivity contribution >= 4 is 5.69 Å². The number of aliphatic hydroxyl groups is 1. The molecule has 0 saturated heterocycles. The lowest BCUT2D eigenvalue weighted by Gasteiger charge is -2.41. The highest BCUT2D eigenvalue weighted by atomic mass is 16.3. The summed E-state index contributed by atoms with van der Waals surface area (Å²) in [5, 5.41) is 14.7. The molecule has 0 aromatic heterocycles. The summed E-state index contributed by atoms with van der Waals surface area (Å²) < 4.78 is 0. The Hall–Kier alpha value is -1.02. The summed E-state index contributed by atoms with van der Waals surface area (Å²) in [5.74, 6) is 1.43. The van der Waals surface area contributed by atoms with Gasteiger partial charge in [-0.05, 0) is 49.1 Å². The standard InChI is InChI=1S/C18H27NO/c1-13(2)10-14-6-5-9-18(20,12-14)17-11-15-7-3-4-8-16(15)19-17/h3-4,7-8,13-14,17,19-20H,5-6,9-12H2,1-2H3. The SMILES string of the molecule is CC(C)CC1CCCC(O)(C2Cc3ccccc3N2)C1. The van der Waals surface area contributed by atoms with E-state index in [0.717, 1.165) is 25.2 Å². The predicted molar refractivity (Wildman–Crippen MR) is 83.9 cm³/mol. The second-order valence-corrected chi connectivity index (χ2v) is 7.25. The third-order valence-corrected chi connectivity index (χ3v) is 5.09. The largest absolute Gasteiger partial charge is 0.388 e. The summed E-state index contributed by atoms with van der Waals surface area (Å²) in [6.07, 6.45) is 6.61. The van der Waals surface area contributed by atoms with Crippen LogP contribution < -0.4 is 5.32 Å². The summed E-state index contributed by atoms with van der Waals surface area (Å²) in [6.45, 7) is 4.58. The zero-order valence-corrected chi connectivity index (χ0v) is 12.7. The van der Waals surface area contributed by atoms with Crippen LogP contribution in [0.15, 0.2) is 24.3 Å². The first-order valence-electron chi connectivity index (χ1n) is 8.13. The van der Waals surface area contributed by atoms with Gasteiger partial charge in [0.2, 0.25) is 0 Å². The fraction of sp³-hybridized carbons (Fsp3) is 0.667. The van der Waals surface area contributed by atoms with Crippen molar-refractivity contribution < 1.29 is 5.11 Å². The number of para-hydroxylation sites is 1. The molecular formula is C18H27NO. The maximum atomic E-state index is 11.2. The summed E-state index contributed by atoms with van der Waals surface area (Å²) >= 11 is 0. The quantitative estimate of drug-likeness (QED) is 0.872. The Morgan fingerprint density at radius 3 is 2.90 bits per heavy atom. The Labute approximate surface area is 122 Å². The molecule has 1 fully saturated rings. The zero-order valence-electron chi connectivity index (χ0n) is 12.7. The molecule has 3 rings (SSSR count). The smallest absolute Gasteiger partial charge is 0.0853 e. The Balaban J connectivity index is 1.70. The van der Waals surface area contributed by atoms with E-state index in [2.05, 4.69) is 43.4 Å². The minimum Gasteiger partial charge on any atom is -0.388 e. The lowest BCUT2D eigenvalue weighted by atomic mass is 9.71. The van der Waals surface area contributed by atoms with Gasteiger partial charge in [0.1, 0.15) is 0 Å². The highest BCUT2D eigenvalue weighted by Crippen LogP contribution is 2.42. The summed E-state index contributed by atoms with van der Waals surface area (Å²) in [5.41, 5.74) is 2.06. The van der Waals surface area contributed by atoms with E-state index in [1.54, 1.807) is 0 Å². The summed E-state index contributed by atoms with van der Waals surface area (Å²) in [6, 6.07) is 8.68. The summed E-state index contributed by atoms with van der Waals surface area (Å²) in [4.78, 5) is 0. The van der Waals surface area contributed by atoms with Crippen molar-refractivity contribution in [3.8, 4) is 0 Å². The fourth-order valence-electron chi connectivity index (χ4n) is 4.21. The predicted octanol–water partition coefficient (Wildman–Crippen LogP) is 3.99. The van der Waals surface area contributed by atoms with Crippen molar-refractivity contribution in [1.29, 1.82) is 0 Å². The minimum atomic E-state index is -0.517. The molecule has 1 aromatic carbocycles. The third kappa shape index (κ3) is 2.71. The molecular weight excluding hydrogens is 246 g/mol. The van der Waals surface area contributed by atoms with E-state index in [4.69, 9.17) is 0 Å². The van der Waals surface area contributed by atoms with Crippen molar-refractivity contribution in [2.75, 3.05) is 5.32 Å². The monoisotopic (exact) mass is 273 g/mol. The van der Waals surface area contributed by atoms with E-state index in [9.17, 15) is 5.11 Å². The van der Waals surface area contributed by atoms with Crippen molar-refractivity contribution in [3.63, 3.8) is 0 Å². The third-order valence-electron chi connectivity index (χ3n) is 5.09. The minimum absolute atomic E-state index is 0.204. The van der Waals surface area contributed by atoms with Crippen LogP contribution >= 0.6 is 0 Å². The molecule has 3 atom stereocenters. The Bertz CT molecular complexity index is 445. The van der Waals surface area contributed by atoms with Crippen molar-refractivity contribution in [3.05, 3.63) is 29.8 Å². The number of rotatable bonds is 3. The van der Waals surface area contributed by atoms with Crippen LogP contribution in [0.4, 0.5) is 5.69 Å². The van der Waals surface area contributed by atoms with E-state index in [-0.39, 0.29) is 6.04 Å². The first-order chi connectivity index (χ1) is 9.57. The van der Waals surface area contributed by atoms with E-state index in [1.165, 1.54) is 30.5 Å². The van der Waals surface area contributed by atoms with Gasteiger partial charge in [-0.2, -0.15) is 0 Å². The van der Waals surface area contributed by atoms with Gasteiger partial charge < -0.3 is 10.4 Å². The van der Waals surface area contributed by atoms with Crippen molar-refractivity contribution in [2.24, 2.45) is 11.8 Å². The topological polar surface area (TPSA) is 32.3 Å². The molecule has 3 unspecified atom stereocenters. The molecule has 0 spiro atoms. The molecule has 0 radical (unpaired) electrons. The number of benzene rings is 1. The van der Waals surface area contributed by atoms with Crippen LogP contribution in [0.5, 0.6) is 0 Å². The van der Waals surface area contributed by atoms with Crippen LogP contribution in [0.25, 0.3) is 0 Å². The molecule has 110 valence electrons. The second-order valence-electron chi connectivity index (χ2n) is 7.25. The average Bonchev–Trinajstić information content (AvgIpc) is 2.82. The van der Waals surface area contributed by atoms with Crippen LogP contribution in [0.3, 0.4) is 0 Å². The second kappa shape index (κ2) is 5.40. The van der Waals surface area contributed by atoms with Gasteiger partial charge in [-0.1, -0.05) is 44.9 Å². The number of nitrogens with one attached hydrogen (secondary N) is 1. The number of hydrogen-bond acceptors (Lipinski definition) is 2. The molecule has 0 bridgehead atoms. The van der Waals surface area contributed by atoms with Gasteiger partial charge in [-0.3, -0.25) is 0 Å². The van der Waals surface area contributed by atoms with Gasteiger partial charge in [-0.25, -0.2) is 0 Å². The Morgan fingerprint density at radius 2 is 2.15 bits per heavy atom. The Morgan fingerprint density at radius 1 is 1.35 bits per heavy atom. The number of hydrogen-bond donors (Lipinski definition) is 2. The van der Waals surface area contributed by atoms with Crippen LogP contribution in [-0.4, -0.2) is 16.7 Å². The van der Waals surface area contributed by atoms with E-state index in [1.807, 2.05) is 0 Å². The van der Waals surface area contributed by atoms with Crippen LogP contribution in [0.1, 0.15) is 51.5 Å². The molecule has 1 aliphatic heterocycles. The van der Waals surface area contributed by atoms with E-state index >= 15 is 0 Å². The first-order valence-corrected chi connectivity index (χ1v) is 8.13. The normalized spacial score (nSPS) is 33.0. The van der Waals surface area contributed by atoms with Crippen molar-refractivity contribution in [2.45, 2.75) is 64.0 Å². The maximum absolute atomic E-state index is 11.2. The molecule has 2 nitrogen and oxygen atoms in total. The number of anilines is 1. The molecule has 20 heavy (non-hydrogen) atoms. The maximum Gasteiger partial charge on any atom is 0.0853 e. The zero-order chi connectivity index (χ0) is 14.2. The molecule has 2 N–H and O–H groups in total. The molecule has 2 heteroatoms. The van der Waals surface area contributed by atoms with Gasteiger partial charge in [0.25, 0.3) is 0 Å². The van der Waals surface area contributed by atoms with Gasteiger partial charge >= 0.3 is 0 Å². The van der Waals surface area contributed by atoms with Crippen molar-refractivity contribution in [1.82, 2.24) is 0 Å². The van der Waals surface area contributed by atoms with Gasteiger partial charge in [-0.15, -0.1) is 0 Å². The first kappa shape index (κ1) is 13.9. The van der Waals surface area contributed by atoms with Gasteiger partial charge in [0.15, 0.2) is 0 Å². The average molecular weight is 273 g/mol. The number of fused-ring (bicyclic) bond motifs is 1. The molecule has 1 aromatic rings. The van der Waals surface area contributed by atoms with Gasteiger partial charge in [0, 0.05) is 5.69 Å². The highest BCUT2D eigenvalue weighted by molar-refractivity contribution is 5.57. The lowest BCUT2D eigenvalue weighted by Crippen LogP contribution is -2.49. The molecule has 2 aliphatic rings. The van der Waals surface area contributed by atoms with E-state index < -0.39 is 5.60 Å². The van der Waals surface area contributed by atoms with Gasteiger partial charge in [0.05, 0.1) is 11.6 Å². The van der Waals surface area contributed by atoms with E-state index in [0.29, 0.717) is 5.92 Å². The highest BCUT2D eigenvalue weighted by Gasteiger charge is 2.43. The van der Waals surface area contributed by atoms with Crippen LogP contribution in [0, 0.1) is 11.8 Å². The van der Waals surface area contributed by atoms with Crippen LogP contribution in [0.2, 0.25) is 0 Å². The molecule has 0 amide bonds.